The van der Waals surface area contributed by atoms with E-state index in [1.54, 1.807) is 24.3 Å². The molecule has 11 heteroatoms. The maximum absolute atomic E-state index is 11.3. The van der Waals surface area contributed by atoms with E-state index in [-0.39, 0.29) is 64.4 Å². The Balaban J connectivity index is 0.00000225. The predicted octanol–water partition coefficient (Wildman–Crippen LogP) is -1.42. The van der Waals surface area contributed by atoms with Crippen LogP contribution in [0.15, 0.2) is 35.7 Å². The zero-order valence-corrected chi connectivity index (χ0v) is 18.8. The fourth-order valence-electron chi connectivity index (χ4n) is 2.69. The minimum Gasteiger partial charge on any atom is -0.742 e. The molecular weight excluding hydrogens is 416 g/mol. The molecule has 1 N–H and O–H groups in total. The largest absolute Gasteiger partial charge is 1.00 e. The number of hydrogen-bond donors (Lipinski definition) is 1. The first-order valence-corrected chi connectivity index (χ1v) is 9.29. The van der Waals surface area contributed by atoms with Crippen LogP contribution in [0.3, 0.4) is 0 Å². The first kappa shape index (κ1) is 21.7. The van der Waals surface area contributed by atoms with E-state index >= 15 is 0 Å². The fraction of sp³-hybridized carbons (Fsp3) is 0.429. The third-order valence-electron chi connectivity index (χ3n) is 4.18. The zero-order valence-electron chi connectivity index (χ0n) is 13.4. The van der Waals surface area contributed by atoms with Gasteiger partial charge in [0.05, 0.1) is 11.4 Å². The summed E-state index contributed by atoms with van der Waals surface area (Å²) in [5.41, 5.74) is -0.868. The zero-order chi connectivity index (χ0) is 17.6. The quantitative estimate of drug-likeness (QED) is 0.343. The Hall–Kier alpha value is 0.446. The number of aliphatic hydroxyl groups is 1. The molecule has 130 valence electrons. The van der Waals surface area contributed by atoms with Gasteiger partial charge in [-0.25, -0.2) is 18.1 Å². The molecule has 3 rings (SSSR count). The molecule has 0 amide bonds. The van der Waals surface area contributed by atoms with Gasteiger partial charge in [0.1, 0.15) is 11.9 Å². The molecule has 1 fully saturated rings. The Morgan fingerprint density at radius 1 is 1.36 bits per heavy atom. The van der Waals surface area contributed by atoms with Crippen molar-refractivity contribution in [2.75, 3.05) is 0 Å². The molecule has 0 bridgehead atoms. The van der Waals surface area contributed by atoms with E-state index in [1.165, 1.54) is 0 Å². The van der Waals surface area contributed by atoms with Crippen LogP contribution in [0.5, 0.6) is 0 Å². The second-order valence-electron chi connectivity index (χ2n) is 5.92. The van der Waals surface area contributed by atoms with Crippen LogP contribution in [-0.2, 0) is 23.1 Å². The summed E-state index contributed by atoms with van der Waals surface area (Å²) in [6.45, 7) is -0.279. The van der Waals surface area contributed by atoms with Crippen LogP contribution in [0.25, 0.3) is 0 Å². The van der Waals surface area contributed by atoms with Crippen molar-refractivity contribution in [2.24, 2.45) is 0 Å². The molecule has 1 atom stereocenters. The summed E-state index contributed by atoms with van der Waals surface area (Å²) in [6.07, 6.45) is 2.16. The van der Waals surface area contributed by atoms with Gasteiger partial charge in [-0.15, -0.1) is 11.6 Å². The summed E-state index contributed by atoms with van der Waals surface area (Å²) in [5.74, 6) is 0. The molecule has 1 heterocycles. The Bertz CT molecular complexity index is 872. The second-order valence-corrected chi connectivity index (χ2v) is 8.32. The summed E-state index contributed by atoms with van der Waals surface area (Å²) in [5, 5.41) is 14.6. The van der Waals surface area contributed by atoms with Gasteiger partial charge >= 0.3 is 51.4 Å². The minimum absolute atomic E-state index is 0. The third kappa shape index (κ3) is 4.65. The van der Waals surface area contributed by atoms with Crippen molar-refractivity contribution >= 4 is 33.3 Å². The van der Waals surface area contributed by atoms with Gasteiger partial charge in [0.2, 0.25) is 5.16 Å². The minimum atomic E-state index is -4.81. The smallest absolute Gasteiger partial charge is 0.742 e. The van der Waals surface area contributed by atoms with Crippen LogP contribution in [0.4, 0.5) is 0 Å². The molecule has 0 aliphatic heterocycles. The number of rotatable bonds is 6. The van der Waals surface area contributed by atoms with Gasteiger partial charge in [0, 0.05) is 11.4 Å². The van der Waals surface area contributed by atoms with Gasteiger partial charge < -0.3 is 9.66 Å². The van der Waals surface area contributed by atoms with Crippen LogP contribution >= 0.6 is 23.2 Å². The van der Waals surface area contributed by atoms with Crippen molar-refractivity contribution in [1.29, 1.82) is 0 Å². The van der Waals surface area contributed by atoms with Crippen molar-refractivity contribution in [2.45, 2.75) is 41.4 Å². The Labute approximate surface area is 197 Å². The fourth-order valence-corrected chi connectivity index (χ4v) is 3.66. The molecule has 1 aromatic carbocycles. The first-order valence-electron chi connectivity index (χ1n) is 7.13. The molecule has 0 spiro atoms. The molecule has 1 saturated carbocycles. The summed E-state index contributed by atoms with van der Waals surface area (Å²) in [7, 11) is -4.81. The Morgan fingerprint density at radius 2 is 2.00 bits per heavy atom. The van der Waals surface area contributed by atoms with Crippen LogP contribution in [0.1, 0.15) is 18.4 Å². The van der Waals surface area contributed by atoms with E-state index < -0.39 is 25.7 Å². The molecule has 25 heavy (non-hydrogen) atoms. The second kappa shape index (κ2) is 7.82. The van der Waals surface area contributed by atoms with Gasteiger partial charge in [-0.2, -0.15) is 5.10 Å². The maximum Gasteiger partial charge on any atom is 1.00 e. The number of benzene rings is 1. The number of hydrogen-bond acceptors (Lipinski definition) is 6. The summed E-state index contributed by atoms with van der Waals surface area (Å²) < 4.78 is 34.7. The molecule has 7 nitrogen and oxygen atoms in total. The predicted molar refractivity (Wildman–Crippen MR) is 85.9 cm³/mol. The van der Waals surface area contributed by atoms with Gasteiger partial charge in [-0.3, -0.25) is 0 Å². The van der Waals surface area contributed by atoms with Crippen LogP contribution in [0.2, 0.25) is 5.02 Å². The number of halogens is 2. The standard InChI is InChI=1S/C14H15Cl2N3O4S.K/c15-11-4-2-1-3-10(11)7-14(20,13(16)5-6-13)8-19-12(17-9-18-19)24(21,22)23;/h1-4,9,20H,5-8H2,(H,21,22,23);/q;+1/p-1. The van der Waals surface area contributed by atoms with Crippen molar-refractivity contribution in [1.82, 2.24) is 14.8 Å². The summed E-state index contributed by atoms with van der Waals surface area (Å²) >= 11 is 12.6. The average Bonchev–Trinajstić information content (AvgIpc) is 3.07. The van der Waals surface area contributed by atoms with Crippen molar-refractivity contribution in [3.63, 3.8) is 0 Å². The molecule has 0 radical (unpaired) electrons. The Kier molecular flexibility index (Phi) is 6.80. The monoisotopic (exact) mass is 429 g/mol. The topological polar surface area (TPSA) is 108 Å². The summed E-state index contributed by atoms with van der Waals surface area (Å²) in [4.78, 5) is 2.54. The molecule has 2 aromatic rings. The first-order chi connectivity index (χ1) is 11.1. The number of nitrogens with zero attached hydrogens (tertiary/aromatic N) is 3. The van der Waals surface area contributed by atoms with Crippen molar-refractivity contribution in [3.05, 3.63) is 41.2 Å². The normalized spacial score (nSPS) is 18.2. The van der Waals surface area contributed by atoms with E-state index in [0.29, 0.717) is 23.4 Å². The van der Waals surface area contributed by atoms with Crippen LogP contribution in [0, 0.1) is 0 Å². The van der Waals surface area contributed by atoms with Crippen molar-refractivity contribution in [3.8, 4) is 0 Å². The maximum atomic E-state index is 11.3. The van der Waals surface area contributed by atoms with Crippen LogP contribution < -0.4 is 51.4 Å². The molecule has 1 unspecified atom stereocenters. The number of alkyl halides is 1. The van der Waals surface area contributed by atoms with E-state index in [4.69, 9.17) is 23.2 Å². The van der Waals surface area contributed by atoms with Crippen molar-refractivity contribution < 1.29 is 69.5 Å². The molecule has 1 aromatic heterocycles. The van der Waals surface area contributed by atoms with E-state index in [0.717, 1.165) is 11.0 Å². The van der Waals surface area contributed by atoms with Gasteiger partial charge in [-0.1, -0.05) is 29.8 Å². The molecular formula is C14H14Cl2KN3O4S. The summed E-state index contributed by atoms with van der Waals surface area (Å²) in [6, 6.07) is 6.98. The van der Waals surface area contributed by atoms with E-state index in [9.17, 15) is 18.1 Å². The van der Waals surface area contributed by atoms with Gasteiger partial charge in [0.15, 0.2) is 10.1 Å². The Morgan fingerprint density at radius 3 is 2.56 bits per heavy atom. The number of aromatic nitrogens is 3. The molecule has 1 aliphatic carbocycles. The van der Waals surface area contributed by atoms with Gasteiger partial charge in [0.25, 0.3) is 0 Å². The van der Waals surface area contributed by atoms with Gasteiger partial charge in [-0.05, 0) is 24.5 Å². The van der Waals surface area contributed by atoms with E-state index in [2.05, 4.69) is 10.1 Å². The van der Waals surface area contributed by atoms with E-state index in [1.807, 2.05) is 0 Å². The third-order valence-corrected chi connectivity index (χ3v) is 6.04. The molecule has 0 saturated heterocycles. The van der Waals surface area contributed by atoms with Crippen LogP contribution in [-0.4, -0.2) is 43.3 Å². The SMILES string of the molecule is O=S(=O)([O-])c1ncnn1CC(O)(Cc1ccccc1Cl)C1(Cl)CC1.[K+]. The average molecular weight is 430 g/mol. The molecule has 1 aliphatic rings.